The molecule has 0 saturated carbocycles. The second-order valence-corrected chi connectivity index (χ2v) is 5.79. The van der Waals surface area contributed by atoms with Crippen LogP contribution in [0.3, 0.4) is 0 Å². The summed E-state index contributed by atoms with van der Waals surface area (Å²) in [4.78, 5) is 17.4. The van der Waals surface area contributed by atoms with Crippen LogP contribution in [0, 0.1) is 0 Å². The Morgan fingerprint density at radius 2 is 2.04 bits per heavy atom. The molecule has 0 atom stereocenters. The Hall–Kier alpha value is -2.66. The Kier molecular flexibility index (Phi) is 6.51. The molecule has 5 heteroatoms. The lowest BCUT2D eigenvalue weighted by molar-refractivity contribution is -0.131. The molecule has 2 N–H and O–H groups in total. The zero-order chi connectivity index (χ0) is 17.4. The van der Waals surface area contributed by atoms with Gasteiger partial charge in [0.25, 0.3) is 0 Å². The highest BCUT2D eigenvalue weighted by atomic mass is 16.4. The van der Waals surface area contributed by atoms with Crippen LogP contribution in [0.1, 0.15) is 12.0 Å². The van der Waals surface area contributed by atoms with Gasteiger partial charge in [-0.25, -0.2) is 9.78 Å². The van der Waals surface area contributed by atoms with Crippen molar-refractivity contribution in [2.24, 2.45) is 0 Å². The van der Waals surface area contributed by atoms with Crippen molar-refractivity contribution in [2.75, 3.05) is 32.5 Å². The van der Waals surface area contributed by atoms with Crippen molar-refractivity contribution in [3.8, 4) is 11.3 Å². The van der Waals surface area contributed by atoms with E-state index in [-0.39, 0.29) is 0 Å². The van der Waals surface area contributed by atoms with E-state index in [9.17, 15) is 4.79 Å². The highest BCUT2D eigenvalue weighted by Crippen LogP contribution is 2.20. The summed E-state index contributed by atoms with van der Waals surface area (Å²) in [5, 5.41) is 12.1. The number of aliphatic carboxylic acids is 1. The van der Waals surface area contributed by atoms with Crippen LogP contribution in [0.4, 0.5) is 5.82 Å². The number of rotatable bonds is 8. The molecule has 0 aliphatic heterocycles. The number of aromatic nitrogens is 1. The minimum absolute atomic E-state index is 0.834. The van der Waals surface area contributed by atoms with Gasteiger partial charge in [0.2, 0.25) is 0 Å². The second-order valence-electron chi connectivity index (χ2n) is 5.79. The molecule has 1 aromatic heterocycles. The van der Waals surface area contributed by atoms with Gasteiger partial charge in [-0.05, 0) is 56.9 Å². The number of benzene rings is 1. The average molecular weight is 325 g/mol. The molecule has 0 aliphatic carbocycles. The smallest absolute Gasteiger partial charge is 0.328 e. The fourth-order valence-corrected chi connectivity index (χ4v) is 2.27. The van der Waals surface area contributed by atoms with E-state index in [0.717, 1.165) is 48.2 Å². The summed E-state index contributed by atoms with van der Waals surface area (Å²) in [5.41, 5.74) is 2.65. The molecule has 0 bridgehead atoms. The van der Waals surface area contributed by atoms with E-state index in [2.05, 4.69) is 29.3 Å². The third kappa shape index (κ3) is 5.85. The number of nitrogens with zero attached hydrogens (tertiary/aromatic N) is 2. The first-order chi connectivity index (χ1) is 11.5. The summed E-state index contributed by atoms with van der Waals surface area (Å²) in [5.74, 6) is -0.111. The largest absolute Gasteiger partial charge is 0.478 e. The molecule has 126 valence electrons. The summed E-state index contributed by atoms with van der Waals surface area (Å²) < 4.78 is 0. The Labute approximate surface area is 142 Å². The number of pyridine rings is 1. The maximum absolute atomic E-state index is 10.6. The van der Waals surface area contributed by atoms with Gasteiger partial charge in [-0.2, -0.15) is 0 Å². The first-order valence-corrected chi connectivity index (χ1v) is 7.92. The van der Waals surface area contributed by atoms with E-state index in [1.54, 1.807) is 6.08 Å². The molecule has 2 rings (SSSR count). The average Bonchev–Trinajstić information content (AvgIpc) is 2.57. The quantitative estimate of drug-likeness (QED) is 0.576. The molecule has 1 aromatic carbocycles. The molecule has 0 spiro atoms. The molecule has 0 saturated heterocycles. The second kappa shape index (κ2) is 8.84. The van der Waals surface area contributed by atoms with Crippen LogP contribution in [0.25, 0.3) is 17.3 Å². The summed E-state index contributed by atoms with van der Waals surface area (Å²) in [6.07, 6.45) is 3.76. The Morgan fingerprint density at radius 1 is 1.25 bits per heavy atom. The maximum Gasteiger partial charge on any atom is 0.328 e. The van der Waals surface area contributed by atoms with Crippen molar-refractivity contribution < 1.29 is 9.90 Å². The Balaban J connectivity index is 2.08. The highest BCUT2D eigenvalue weighted by Gasteiger charge is 2.02. The predicted octanol–water partition coefficient (Wildman–Crippen LogP) is 3.21. The molecule has 0 aliphatic rings. The third-order valence-corrected chi connectivity index (χ3v) is 3.44. The highest BCUT2D eigenvalue weighted by molar-refractivity contribution is 5.85. The number of carbonyl (C=O) groups is 1. The minimum atomic E-state index is -0.956. The van der Waals surface area contributed by atoms with E-state index in [1.807, 2.05) is 42.5 Å². The van der Waals surface area contributed by atoms with Gasteiger partial charge in [0.15, 0.2) is 0 Å². The van der Waals surface area contributed by atoms with Gasteiger partial charge in [0.1, 0.15) is 5.82 Å². The molecule has 24 heavy (non-hydrogen) atoms. The normalized spacial score (nSPS) is 11.1. The third-order valence-electron chi connectivity index (χ3n) is 3.44. The van der Waals surface area contributed by atoms with E-state index >= 15 is 0 Å². The number of hydrogen-bond donors (Lipinski definition) is 2. The van der Waals surface area contributed by atoms with Gasteiger partial charge < -0.3 is 15.3 Å². The van der Waals surface area contributed by atoms with Gasteiger partial charge in [-0.1, -0.05) is 24.3 Å². The molecule has 0 fully saturated rings. The van der Waals surface area contributed by atoms with E-state index in [0.29, 0.717) is 0 Å². The van der Waals surface area contributed by atoms with Gasteiger partial charge in [0.05, 0.1) is 5.69 Å². The van der Waals surface area contributed by atoms with Crippen molar-refractivity contribution in [1.29, 1.82) is 0 Å². The van der Waals surface area contributed by atoms with Crippen LogP contribution >= 0.6 is 0 Å². The number of anilines is 1. The zero-order valence-corrected chi connectivity index (χ0v) is 14.1. The van der Waals surface area contributed by atoms with Crippen LogP contribution in [0.5, 0.6) is 0 Å². The number of hydrogen-bond acceptors (Lipinski definition) is 4. The zero-order valence-electron chi connectivity index (χ0n) is 14.1. The molecular formula is C19H23N3O2. The monoisotopic (exact) mass is 325 g/mol. The van der Waals surface area contributed by atoms with Gasteiger partial charge in [-0.15, -0.1) is 0 Å². The lowest BCUT2D eigenvalue weighted by Crippen LogP contribution is -2.16. The van der Waals surface area contributed by atoms with Gasteiger partial charge >= 0.3 is 5.97 Å². The Bertz CT molecular complexity index is 711. The SMILES string of the molecule is CN(C)CCCNc1cccc(-c2cccc(C=CC(=O)O)c2)n1. The van der Waals surface area contributed by atoms with Crippen LogP contribution in [-0.4, -0.2) is 48.1 Å². The molecule has 5 nitrogen and oxygen atoms in total. The topological polar surface area (TPSA) is 65.5 Å². The van der Waals surface area contributed by atoms with Crippen molar-refractivity contribution in [3.05, 3.63) is 54.1 Å². The van der Waals surface area contributed by atoms with Crippen LogP contribution in [0.15, 0.2) is 48.5 Å². The van der Waals surface area contributed by atoms with Crippen molar-refractivity contribution in [3.63, 3.8) is 0 Å². The first kappa shape index (κ1) is 17.7. The summed E-state index contributed by atoms with van der Waals surface area (Å²) in [7, 11) is 4.12. The van der Waals surface area contributed by atoms with Crippen LogP contribution in [0.2, 0.25) is 0 Å². The fraction of sp³-hybridized carbons (Fsp3) is 0.263. The number of carboxylic acid groups (broad SMARTS) is 1. The standard InChI is InChI=1S/C19H23N3O2/c1-22(2)13-5-12-20-18-9-4-8-17(21-18)16-7-3-6-15(14-16)10-11-19(23)24/h3-4,6-11,14H,5,12-13H2,1-2H3,(H,20,21)(H,23,24). The molecule has 1 heterocycles. The minimum Gasteiger partial charge on any atom is -0.478 e. The fourth-order valence-electron chi connectivity index (χ4n) is 2.27. The van der Waals surface area contributed by atoms with Gasteiger partial charge in [0, 0.05) is 18.2 Å². The predicted molar refractivity (Wildman–Crippen MR) is 98.0 cm³/mol. The lowest BCUT2D eigenvalue weighted by Gasteiger charge is -2.11. The molecular weight excluding hydrogens is 302 g/mol. The summed E-state index contributed by atoms with van der Waals surface area (Å²) >= 11 is 0. The molecule has 2 aromatic rings. The van der Waals surface area contributed by atoms with Crippen LogP contribution in [-0.2, 0) is 4.79 Å². The van der Waals surface area contributed by atoms with Crippen molar-refractivity contribution in [1.82, 2.24) is 9.88 Å². The lowest BCUT2D eigenvalue weighted by atomic mass is 10.1. The van der Waals surface area contributed by atoms with E-state index in [4.69, 9.17) is 5.11 Å². The molecule has 0 radical (unpaired) electrons. The molecule has 0 unspecified atom stereocenters. The van der Waals surface area contributed by atoms with E-state index < -0.39 is 5.97 Å². The first-order valence-electron chi connectivity index (χ1n) is 7.92. The summed E-state index contributed by atoms with van der Waals surface area (Å²) in [6.45, 7) is 1.90. The van der Waals surface area contributed by atoms with Gasteiger partial charge in [-0.3, -0.25) is 0 Å². The van der Waals surface area contributed by atoms with E-state index in [1.165, 1.54) is 0 Å². The summed E-state index contributed by atoms with van der Waals surface area (Å²) in [6, 6.07) is 13.5. The number of carboxylic acids is 1. The van der Waals surface area contributed by atoms with Crippen LogP contribution < -0.4 is 5.32 Å². The maximum atomic E-state index is 10.6. The number of nitrogens with one attached hydrogen (secondary N) is 1. The molecule has 0 amide bonds. The Morgan fingerprint density at radius 3 is 2.79 bits per heavy atom. The van der Waals surface area contributed by atoms with Crippen molar-refractivity contribution in [2.45, 2.75) is 6.42 Å². The van der Waals surface area contributed by atoms with Crippen molar-refractivity contribution >= 4 is 17.9 Å².